The summed E-state index contributed by atoms with van der Waals surface area (Å²) in [5.74, 6) is 0.697. The third kappa shape index (κ3) is 3.08. The number of benzene rings is 1. The molecule has 0 bridgehead atoms. The van der Waals surface area contributed by atoms with Crippen molar-refractivity contribution in [3.63, 3.8) is 0 Å². The van der Waals surface area contributed by atoms with Crippen LogP contribution in [0.15, 0.2) is 40.1 Å². The van der Waals surface area contributed by atoms with E-state index in [1.807, 2.05) is 19.9 Å². The summed E-state index contributed by atoms with van der Waals surface area (Å²) in [7, 11) is -2.20. The Hall–Kier alpha value is -2.03. The lowest BCUT2D eigenvalue weighted by Crippen LogP contribution is -2.39. The molecular formula is C17H22ClN5O2S. The molecule has 2 heterocycles. The van der Waals surface area contributed by atoms with Crippen molar-refractivity contribution in [1.29, 1.82) is 0 Å². The Morgan fingerprint density at radius 3 is 2.77 bits per heavy atom. The molecule has 0 radical (unpaired) electrons. The number of sulfone groups is 1. The topological polar surface area (TPSA) is 102 Å². The molecule has 7 nitrogen and oxygen atoms in total. The molecule has 0 saturated carbocycles. The number of nitrogens with zero attached hydrogens (tertiary/aromatic N) is 2. The summed E-state index contributed by atoms with van der Waals surface area (Å²) in [5.41, 5.74) is 6.11. The lowest BCUT2D eigenvalue weighted by Gasteiger charge is -2.33. The molecule has 0 fully saturated rings. The van der Waals surface area contributed by atoms with Crippen molar-refractivity contribution in [2.24, 2.45) is 5.73 Å². The van der Waals surface area contributed by atoms with Gasteiger partial charge in [0.1, 0.15) is 0 Å². The van der Waals surface area contributed by atoms with Crippen LogP contribution in [0, 0.1) is 0 Å². The van der Waals surface area contributed by atoms with Crippen molar-refractivity contribution in [3.05, 3.63) is 35.4 Å². The minimum atomic E-state index is -3.84. The van der Waals surface area contributed by atoms with E-state index in [4.69, 9.17) is 17.3 Å². The Bertz CT molecular complexity index is 983. The van der Waals surface area contributed by atoms with Gasteiger partial charge in [-0.2, -0.15) is 0 Å². The molecule has 2 aromatic rings. The Morgan fingerprint density at radius 2 is 2.15 bits per heavy atom. The van der Waals surface area contributed by atoms with E-state index in [2.05, 4.69) is 15.7 Å². The molecule has 0 saturated heterocycles. The number of aromatic nitrogens is 2. The van der Waals surface area contributed by atoms with Gasteiger partial charge in [-0.25, -0.2) is 13.1 Å². The van der Waals surface area contributed by atoms with E-state index in [1.54, 1.807) is 23.9 Å². The highest BCUT2D eigenvalue weighted by Gasteiger charge is 2.36. The molecule has 1 aliphatic heterocycles. The highest BCUT2D eigenvalue weighted by atomic mass is 35.5. The maximum atomic E-state index is 13.3. The van der Waals surface area contributed by atoms with Gasteiger partial charge in [-0.05, 0) is 51.1 Å². The van der Waals surface area contributed by atoms with Crippen LogP contribution in [0.2, 0.25) is 5.02 Å². The average Bonchev–Trinajstić information content (AvgIpc) is 2.94. The zero-order chi connectivity index (χ0) is 19.1. The van der Waals surface area contributed by atoms with Crippen LogP contribution in [0.3, 0.4) is 0 Å². The van der Waals surface area contributed by atoms with Crippen LogP contribution in [0.25, 0.3) is 5.70 Å². The first kappa shape index (κ1) is 18.8. The number of nitrogens with one attached hydrogen (secondary N) is 2. The fourth-order valence-electron chi connectivity index (χ4n) is 3.20. The molecule has 1 aliphatic rings. The van der Waals surface area contributed by atoms with E-state index in [0.29, 0.717) is 23.8 Å². The second-order valence-electron chi connectivity index (χ2n) is 6.52. The Kier molecular flexibility index (Phi) is 4.76. The number of halogens is 1. The molecular weight excluding hydrogens is 374 g/mol. The van der Waals surface area contributed by atoms with Crippen molar-refractivity contribution >= 4 is 38.8 Å². The molecule has 3 rings (SSSR count). The largest absolute Gasteiger partial charge is 0.370 e. The molecule has 1 aromatic heterocycles. The molecule has 0 amide bonds. The van der Waals surface area contributed by atoms with E-state index in [-0.39, 0.29) is 15.6 Å². The maximum Gasteiger partial charge on any atom is 0.214 e. The molecule has 0 spiro atoms. The molecule has 1 unspecified atom stereocenters. The Morgan fingerprint density at radius 1 is 1.42 bits per heavy atom. The molecule has 1 atom stereocenters. The Balaban J connectivity index is 2.23. The van der Waals surface area contributed by atoms with Gasteiger partial charge in [0.25, 0.3) is 0 Å². The first-order valence-corrected chi connectivity index (χ1v) is 10.1. The molecule has 0 aliphatic carbocycles. The number of fused-ring (bicyclic) bond motifs is 1. The first-order valence-electron chi connectivity index (χ1n) is 8.21. The lowest BCUT2D eigenvalue weighted by atomic mass is 9.95. The minimum absolute atomic E-state index is 0.0953. The lowest BCUT2D eigenvalue weighted by molar-refractivity contribution is 0.563. The second kappa shape index (κ2) is 6.61. The molecule has 4 N–H and O–H groups in total. The van der Waals surface area contributed by atoms with Crippen molar-refractivity contribution < 1.29 is 8.42 Å². The number of anilines is 2. The van der Waals surface area contributed by atoms with Gasteiger partial charge in [0, 0.05) is 17.8 Å². The molecule has 1 aromatic carbocycles. The minimum Gasteiger partial charge on any atom is -0.370 e. The van der Waals surface area contributed by atoms with Crippen LogP contribution < -0.4 is 16.4 Å². The number of hydrogen-bond acceptors (Lipinski definition) is 6. The summed E-state index contributed by atoms with van der Waals surface area (Å²) in [6.07, 6.45) is 2.66. The zero-order valence-corrected chi connectivity index (χ0v) is 16.4. The summed E-state index contributed by atoms with van der Waals surface area (Å²) in [5, 5.41) is 11.0. The number of allylic oxidation sites excluding steroid dienone is 1. The van der Waals surface area contributed by atoms with Crippen LogP contribution in [0.4, 0.5) is 11.6 Å². The van der Waals surface area contributed by atoms with Gasteiger partial charge in [0.2, 0.25) is 9.84 Å². The highest BCUT2D eigenvalue weighted by molar-refractivity contribution is 7.91. The predicted molar refractivity (Wildman–Crippen MR) is 104 cm³/mol. The van der Waals surface area contributed by atoms with Gasteiger partial charge >= 0.3 is 0 Å². The standard InChI is InChI=1S/C17H22ClN5O2S/c1-11-10-17(2,7-8-19)21-16-14(15(20-3)22-23(11)16)26(24,25)13-6-4-5-12(18)9-13/h4-6,9-10,21H,7-8,19H2,1-3H3,(H,20,22). The van der Waals surface area contributed by atoms with E-state index in [1.165, 1.54) is 12.1 Å². The van der Waals surface area contributed by atoms with Crippen molar-refractivity contribution in [1.82, 2.24) is 9.78 Å². The van der Waals surface area contributed by atoms with Gasteiger partial charge in [0.05, 0.1) is 10.4 Å². The average molecular weight is 396 g/mol. The zero-order valence-electron chi connectivity index (χ0n) is 14.9. The fraction of sp³-hybridized carbons (Fsp3) is 0.353. The van der Waals surface area contributed by atoms with E-state index >= 15 is 0 Å². The predicted octanol–water partition coefficient (Wildman–Crippen LogP) is 2.80. The van der Waals surface area contributed by atoms with Crippen LogP contribution in [0.1, 0.15) is 20.3 Å². The van der Waals surface area contributed by atoms with E-state index in [9.17, 15) is 8.42 Å². The van der Waals surface area contributed by atoms with Crippen LogP contribution >= 0.6 is 11.6 Å². The van der Waals surface area contributed by atoms with Gasteiger partial charge in [-0.1, -0.05) is 17.7 Å². The fourth-order valence-corrected chi connectivity index (χ4v) is 5.02. The number of nitrogens with two attached hydrogens (primary N) is 1. The summed E-state index contributed by atoms with van der Waals surface area (Å²) in [6.45, 7) is 4.34. The van der Waals surface area contributed by atoms with E-state index < -0.39 is 15.4 Å². The van der Waals surface area contributed by atoms with Crippen molar-refractivity contribution in [2.75, 3.05) is 24.2 Å². The third-order valence-corrected chi connectivity index (χ3v) is 6.42. The first-order chi connectivity index (χ1) is 12.2. The van der Waals surface area contributed by atoms with Crippen molar-refractivity contribution in [2.45, 2.75) is 35.6 Å². The highest BCUT2D eigenvalue weighted by Crippen LogP contribution is 2.40. The molecule has 140 valence electrons. The monoisotopic (exact) mass is 395 g/mol. The molecule has 26 heavy (non-hydrogen) atoms. The maximum absolute atomic E-state index is 13.3. The summed E-state index contributed by atoms with van der Waals surface area (Å²) in [6, 6.07) is 6.21. The van der Waals surface area contributed by atoms with Crippen LogP contribution in [0.5, 0.6) is 0 Å². The van der Waals surface area contributed by atoms with Crippen molar-refractivity contribution in [3.8, 4) is 0 Å². The van der Waals surface area contributed by atoms with Crippen LogP contribution in [-0.4, -0.2) is 37.3 Å². The van der Waals surface area contributed by atoms with E-state index in [0.717, 1.165) is 5.70 Å². The SMILES string of the molecule is CNc1nn2c(c1S(=O)(=O)c1cccc(Cl)c1)NC(C)(CCN)C=C2C. The van der Waals surface area contributed by atoms with Gasteiger partial charge in [0.15, 0.2) is 16.5 Å². The van der Waals surface area contributed by atoms with Crippen LogP contribution in [-0.2, 0) is 9.84 Å². The quantitative estimate of drug-likeness (QED) is 0.719. The number of hydrogen-bond donors (Lipinski definition) is 3. The second-order valence-corrected chi connectivity index (χ2v) is 8.84. The Labute approximate surface area is 158 Å². The normalized spacial score (nSPS) is 19.5. The molecule has 9 heteroatoms. The summed E-state index contributed by atoms with van der Waals surface area (Å²) >= 11 is 6.00. The number of rotatable bonds is 5. The van der Waals surface area contributed by atoms with Gasteiger partial charge in [-0.3, -0.25) is 0 Å². The third-order valence-electron chi connectivity index (χ3n) is 4.38. The van der Waals surface area contributed by atoms with Gasteiger partial charge < -0.3 is 16.4 Å². The summed E-state index contributed by atoms with van der Waals surface area (Å²) in [4.78, 5) is 0.213. The van der Waals surface area contributed by atoms with Gasteiger partial charge in [-0.15, -0.1) is 5.10 Å². The smallest absolute Gasteiger partial charge is 0.214 e. The summed E-state index contributed by atoms with van der Waals surface area (Å²) < 4.78 is 28.3.